The summed E-state index contributed by atoms with van der Waals surface area (Å²) in [4.78, 5) is 12.5. The zero-order valence-electron chi connectivity index (χ0n) is 18.2. The van der Waals surface area contributed by atoms with Gasteiger partial charge in [-0.05, 0) is 60.3 Å². The molecule has 1 N–H and O–H groups in total. The first-order chi connectivity index (χ1) is 15.5. The summed E-state index contributed by atoms with van der Waals surface area (Å²) in [5, 5.41) is 8.19. The minimum absolute atomic E-state index is 0.259. The van der Waals surface area contributed by atoms with Crippen LogP contribution in [0.25, 0.3) is 5.69 Å². The minimum atomic E-state index is -0.484. The van der Waals surface area contributed by atoms with E-state index in [2.05, 4.69) is 46.8 Å². The van der Waals surface area contributed by atoms with Crippen LogP contribution in [-0.2, 0) is 17.9 Å². The van der Waals surface area contributed by atoms with Crippen molar-refractivity contribution in [1.82, 2.24) is 14.2 Å². The Labute approximate surface area is 190 Å². The van der Waals surface area contributed by atoms with Gasteiger partial charge in [0.25, 0.3) is 0 Å². The molecule has 0 unspecified atom stereocenters. The summed E-state index contributed by atoms with van der Waals surface area (Å²) < 4.78 is 17.0. The van der Waals surface area contributed by atoms with Gasteiger partial charge in [0.1, 0.15) is 11.6 Å². The number of methoxy groups -OCH3 is 1. The fourth-order valence-electron chi connectivity index (χ4n) is 3.36. The van der Waals surface area contributed by atoms with Crippen LogP contribution in [0, 0.1) is 13.8 Å². The molecule has 0 amide bonds. The molecule has 4 rings (SSSR count). The van der Waals surface area contributed by atoms with E-state index >= 15 is 0 Å². The predicted octanol–water partition coefficient (Wildman–Crippen LogP) is 4.92. The van der Waals surface area contributed by atoms with E-state index in [-0.39, 0.29) is 12.5 Å². The molecule has 4 aromatic rings. The van der Waals surface area contributed by atoms with Crippen molar-refractivity contribution >= 4 is 22.5 Å². The molecule has 2 aromatic carbocycles. The number of hydrogen-bond donors (Lipinski definition) is 1. The second-order valence-electron chi connectivity index (χ2n) is 7.38. The quantitative estimate of drug-likeness (QED) is 0.385. The Morgan fingerprint density at radius 3 is 2.78 bits per heavy atom. The van der Waals surface area contributed by atoms with Crippen molar-refractivity contribution in [2.45, 2.75) is 27.0 Å². The number of anilines is 1. The van der Waals surface area contributed by atoms with Gasteiger partial charge in [-0.15, -0.1) is 0 Å². The minimum Gasteiger partial charge on any atom is -0.472 e. The highest BCUT2D eigenvalue weighted by Gasteiger charge is 2.23. The van der Waals surface area contributed by atoms with Gasteiger partial charge < -0.3 is 14.8 Å². The van der Waals surface area contributed by atoms with Gasteiger partial charge in [0, 0.05) is 18.9 Å². The topological polar surface area (TPSA) is 78.3 Å². The highest BCUT2D eigenvalue weighted by atomic mass is 32.1. The molecule has 7 nitrogen and oxygen atoms in total. The zero-order chi connectivity index (χ0) is 22.5. The second-order valence-corrected chi connectivity index (χ2v) is 8.15. The molecule has 0 aliphatic carbocycles. The molecule has 8 heteroatoms. The van der Waals surface area contributed by atoms with E-state index in [0.29, 0.717) is 17.1 Å². The highest BCUT2D eigenvalue weighted by Crippen LogP contribution is 2.32. The van der Waals surface area contributed by atoms with Crippen LogP contribution in [0.15, 0.2) is 60.9 Å². The lowest BCUT2D eigenvalue weighted by molar-refractivity contribution is 0.0596. The number of nitrogens with one attached hydrogen (secondary N) is 1. The van der Waals surface area contributed by atoms with Gasteiger partial charge in [0.05, 0.1) is 12.8 Å². The average molecular weight is 449 g/mol. The Balaban J connectivity index is 1.50. The van der Waals surface area contributed by atoms with E-state index < -0.39 is 5.97 Å². The van der Waals surface area contributed by atoms with E-state index in [1.165, 1.54) is 29.8 Å². The van der Waals surface area contributed by atoms with Crippen molar-refractivity contribution in [3.63, 3.8) is 0 Å². The van der Waals surface area contributed by atoms with Gasteiger partial charge in [-0.3, -0.25) is 0 Å². The van der Waals surface area contributed by atoms with Crippen LogP contribution in [0.1, 0.15) is 32.6 Å². The molecule has 0 aliphatic heterocycles. The lowest BCUT2D eigenvalue weighted by Crippen LogP contribution is -2.09. The van der Waals surface area contributed by atoms with Crippen LogP contribution in [-0.4, -0.2) is 27.2 Å². The fraction of sp³-hybridized carbons (Fsp3) is 0.208. The summed E-state index contributed by atoms with van der Waals surface area (Å²) in [7, 11) is 1.35. The number of nitrogens with zero attached hydrogens (tertiary/aromatic N) is 3. The van der Waals surface area contributed by atoms with Crippen LogP contribution in [0.4, 0.5) is 5.00 Å². The van der Waals surface area contributed by atoms with Crippen molar-refractivity contribution < 1.29 is 14.3 Å². The van der Waals surface area contributed by atoms with Crippen molar-refractivity contribution in [2.75, 3.05) is 12.4 Å². The number of carbonyl (C=O) groups excluding carboxylic acids is 1. The Hall–Kier alpha value is -3.65. The number of rotatable bonds is 8. The molecule has 0 fully saturated rings. The summed E-state index contributed by atoms with van der Waals surface area (Å²) in [5.74, 6) is -0.225. The summed E-state index contributed by atoms with van der Waals surface area (Å²) in [6, 6.07) is 16.0. The lowest BCUT2D eigenvalue weighted by atomic mass is 10.1. The van der Waals surface area contributed by atoms with Gasteiger partial charge in [0.2, 0.25) is 5.88 Å². The summed E-state index contributed by atoms with van der Waals surface area (Å²) in [6.07, 6.45) is 3.61. The maximum absolute atomic E-state index is 12.5. The van der Waals surface area contributed by atoms with E-state index in [4.69, 9.17) is 9.47 Å². The van der Waals surface area contributed by atoms with Crippen molar-refractivity contribution in [1.29, 1.82) is 0 Å². The molecule has 0 atom stereocenters. The van der Waals surface area contributed by atoms with Crippen molar-refractivity contribution in [3.05, 3.63) is 88.7 Å². The standard InChI is InChI=1S/C24H24N4O3S/c1-16-8-9-19(17(2)12-16)14-25-23-21(24(29)30-3)22(27-32-23)31-15-18-6-4-7-20(13-18)28-11-5-10-26-28/h4-13,25H,14-15H2,1-3H3. The molecule has 0 aliphatic rings. The number of aromatic nitrogens is 3. The lowest BCUT2D eigenvalue weighted by Gasteiger charge is -2.10. The molecular weight excluding hydrogens is 424 g/mol. The molecule has 0 bridgehead atoms. The van der Waals surface area contributed by atoms with Gasteiger partial charge in [0.15, 0.2) is 5.56 Å². The second kappa shape index (κ2) is 9.65. The Morgan fingerprint density at radius 1 is 1.16 bits per heavy atom. The first kappa shape index (κ1) is 21.6. The Bertz CT molecular complexity index is 1220. The third-order valence-corrected chi connectivity index (χ3v) is 5.83. The molecular formula is C24H24N4O3S. The molecule has 0 saturated heterocycles. The molecule has 164 valence electrons. The smallest absolute Gasteiger partial charge is 0.346 e. The number of aryl methyl sites for hydroxylation is 2. The van der Waals surface area contributed by atoms with Crippen LogP contribution in [0.2, 0.25) is 0 Å². The van der Waals surface area contributed by atoms with E-state index in [0.717, 1.165) is 16.8 Å². The molecule has 2 heterocycles. The van der Waals surface area contributed by atoms with E-state index in [9.17, 15) is 4.79 Å². The molecule has 32 heavy (non-hydrogen) atoms. The average Bonchev–Trinajstić information content (AvgIpc) is 3.47. The van der Waals surface area contributed by atoms with Crippen molar-refractivity contribution in [2.24, 2.45) is 0 Å². The van der Waals surface area contributed by atoms with Crippen LogP contribution in [0.3, 0.4) is 0 Å². The van der Waals surface area contributed by atoms with Crippen molar-refractivity contribution in [3.8, 4) is 11.6 Å². The zero-order valence-corrected chi connectivity index (χ0v) is 19.0. The first-order valence-electron chi connectivity index (χ1n) is 10.1. The van der Waals surface area contributed by atoms with E-state index in [1.54, 1.807) is 10.9 Å². The first-order valence-corrected chi connectivity index (χ1v) is 10.9. The Morgan fingerprint density at radius 2 is 2.03 bits per heavy atom. The van der Waals surface area contributed by atoms with Gasteiger partial charge in [-0.2, -0.15) is 9.47 Å². The summed E-state index contributed by atoms with van der Waals surface area (Å²) in [6.45, 7) is 4.98. The van der Waals surface area contributed by atoms with Gasteiger partial charge in [-0.25, -0.2) is 9.48 Å². The maximum atomic E-state index is 12.5. The number of hydrogen-bond acceptors (Lipinski definition) is 7. The fourth-order valence-corrected chi connectivity index (χ4v) is 4.08. The van der Waals surface area contributed by atoms with Crippen LogP contribution < -0.4 is 10.1 Å². The van der Waals surface area contributed by atoms with E-state index in [1.807, 2.05) is 36.5 Å². The normalized spacial score (nSPS) is 10.7. The van der Waals surface area contributed by atoms with Gasteiger partial charge >= 0.3 is 5.97 Å². The SMILES string of the molecule is COC(=O)c1c(OCc2cccc(-n3cccn3)c2)nsc1NCc1ccc(C)cc1C. The maximum Gasteiger partial charge on any atom is 0.346 e. The number of carbonyl (C=O) groups is 1. The molecule has 2 aromatic heterocycles. The predicted molar refractivity (Wildman–Crippen MR) is 125 cm³/mol. The van der Waals surface area contributed by atoms with Crippen LogP contribution in [0.5, 0.6) is 5.88 Å². The third-order valence-electron chi connectivity index (χ3n) is 5.04. The number of ether oxygens (including phenoxy) is 2. The van der Waals surface area contributed by atoms with Crippen LogP contribution >= 0.6 is 11.5 Å². The molecule has 0 saturated carbocycles. The largest absolute Gasteiger partial charge is 0.472 e. The molecule has 0 spiro atoms. The summed E-state index contributed by atoms with van der Waals surface area (Å²) >= 11 is 1.18. The monoisotopic (exact) mass is 448 g/mol. The highest BCUT2D eigenvalue weighted by molar-refractivity contribution is 7.10. The molecule has 0 radical (unpaired) electrons. The number of esters is 1. The van der Waals surface area contributed by atoms with Gasteiger partial charge in [-0.1, -0.05) is 35.9 Å². The Kier molecular flexibility index (Phi) is 6.51. The third kappa shape index (κ3) is 4.81. The summed E-state index contributed by atoms with van der Waals surface area (Å²) in [5.41, 5.74) is 5.73. The number of benzene rings is 2.